The van der Waals surface area contributed by atoms with E-state index in [-0.39, 0.29) is 24.1 Å². The summed E-state index contributed by atoms with van der Waals surface area (Å²) in [5.41, 5.74) is 8.00. The van der Waals surface area contributed by atoms with Crippen LogP contribution in [0.1, 0.15) is 17.0 Å². The van der Waals surface area contributed by atoms with E-state index in [1.807, 2.05) is 30.3 Å². The minimum atomic E-state index is -0.215. The van der Waals surface area contributed by atoms with Crippen LogP contribution in [0, 0.1) is 5.82 Å². The minimum absolute atomic E-state index is 0. The van der Waals surface area contributed by atoms with Gasteiger partial charge >= 0.3 is 0 Å². The number of hydrogen-bond acceptors (Lipinski definition) is 1. The maximum Gasteiger partial charge on any atom is 0.123 e. The van der Waals surface area contributed by atoms with Crippen molar-refractivity contribution in [1.29, 1.82) is 0 Å². The zero-order valence-electron chi connectivity index (χ0n) is 9.34. The SMILES string of the molecule is Cl.NCC(c1ccccc1)c1ccc(F)cc1. The fraction of sp³-hybridized carbons (Fsp3) is 0.143. The maximum atomic E-state index is 12.8. The Hall–Kier alpha value is -1.38. The maximum absolute atomic E-state index is 12.8. The van der Waals surface area contributed by atoms with Crippen molar-refractivity contribution in [3.8, 4) is 0 Å². The molecule has 1 nitrogen and oxygen atoms in total. The summed E-state index contributed by atoms with van der Waals surface area (Å²) in [4.78, 5) is 0. The van der Waals surface area contributed by atoms with E-state index in [1.54, 1.807) is 12.1 Å². The number of nitrogens with two attached hydrogens (primary N) is 1. The third-order valence-electron chi connectivity index (χ3n) is 2.71. The molecule has 17 heavy (non-hydrogen) atoms. The van der Waals surface area contributed by atoms with E-state index >= 15 is 0 Å². The first kappa shape index (κ1) is 13.7. The summed E-state index contributed by atoms with van der Waals surface area (Å²) in [7, 11) is 0. The van der Waals surface area contributed by atoms with Gasteiger partial charge in [0, 0.05) is 12.5 Å². The molecule has 3 heteroatoms. The second-order valence-corrected chi connectivity index (χ2v) is 3.75. The van der Waals surface area contributed by atoms with Crippen LogP contribution in [0.2, 0.25) is 0 Å². The molecule has 0 heterocycles. The van der Waals surface area contributed by atoms with Crippen LogP contribution in [0.4, 0.5) is 4.39 Å². The molecule has 0 radical (unpaired) electrons. The first-order chi connectivity index (χ1) is 7.81. The average molecular weight is 252 g/mol. The Kier molecular flexibility index (Phi) is 5.13. The van der Waals surface area contributed by atoms with Crippen LogP contribution in [0.25, 0.3) is 0 Å². The van der Waals surface area contributed by atoms with Crippen molar-refractivity contribution < 1.29 is 4.39 Å². The highest BCUT2D eigenvalue weighted by Crippen LogP contribution is 2.23. The van der Waals surface area contributed by atoms with E-state index in [9.17, 15) is 4.39 Å². The quantitative estimate of drug-likeness (QED) is 0.890. The van der Waals surface area contributed by atoms with Gasteiger partial charge in [-0.1, -0.05) is 42.5 Å². The van der Waals surface area contributed by atoms with Gasteiger partial charge in [0.2, 0.25) is 0 Å². The summed E-state index contributed by atoms with van der Waals surface area (Å²) in [6, 6.07) is 16.6. The molecule has 0 bridgehead atoms. The van der Waals surface area contributed by atoms with Crippen molar-refractivity contribution in [2.75, 3.05) is 6.54 Å². The van der Waals surface area contributed by atoms with Crippen molar-refractivity contribution in [1.82, 2.24) is 0 Å². The molecule has 0 aliphatic heterocycles. The second-order valence-electron chi connectivity index (χ2n) is 3.75. The van der Waals surface area contributed by atoms with Crippen molar-refractivity contribution in [3.63, 3.8) is 0 Å². The van der Waals surface area contributed by atoms with Gasteiger partial charge in [-0.3, -0.25) is 0 Å². The fourth-order valence-electron chi connectivity index (χ4n) is 1.85. The molecule has 1 unspecified atom stereocenters. The highest BCUT2D eigenvalue weighted by molar-refractivity contribution is 5.85. The first-order valence-electron chi connectivity index (χ1n) is 5.31. The third kappa shape index (κ3) is 3.29. The molecule has 0 aromatic heterocycles. The first-order valence-corrected chi connectivity index (χ1v) is 5.31. The topological polar surface area (TPSA) is 26.0 Å². The predicted octanol–water partition coefficient (Wildman–Crippen LogP) is 3.34. The summed E-state index contributed by atoms with van der Waals surface area (Å²) in [5, 5.41) is 0. The van der Waals surface area contributed by atoms with E-state index in [1.165, 1.54) is 12.1 Å². The lowest BCUT2D eigenvalue weighted by molar-refractivity contribution is 0.626. The number of hydrogen-bond donors (Lipinski definition) is 1. The number of rotatable bonds is 3. The van der Waals surface area contributed by atoms with Crippen molar-refractivity contribution >= 4 is 12.4 Å². The van der Waals surface area contributed by atoms with Gasteiger partial charge < -0.3 is 5.73 Å². The highest BCUT2D eigenvalue weighted by Gasteiger charge is 2.11. The van der Waals surface area contributed by atoms with Crippen LogP contribution < -0.4 is 5.73 Å². The summed E-state index contributed by atoms with van der Waals surface area (Å²) >= 11 is 0. The second kappa shape index (κ2) is 6.38. The number of halogens is 2. The highest BCUT2D eigenvalue weighted by atomic mass is 35.5. The van der Waals surface area contributed by atoms with Crippen LogP contribution in [-0.4, -0.2) is 6.54 Å². The summed E-state index contributed by atoms with van der Waals surface area (Å²) in [5.74, 6) is -0.0746. The van der Waals surface area contributed by atoms with Crippen molar-refractivity contribution in [3.05, 3.63) is 71.5 Å². The van der Waals surface area contributed by atoms with Gasteiger partial charge in [0.25, 0.3) is 0 Å². The summed E-state index contributed by atoms with van der Waals surface area (Å²) in [6.07, 6.45) is 0. The van der Waals surface area contributed by atoms with Crippen LogP contribution in [0.3, 0.4) is 0 Å². The lowest BCUT2D eigenvalue weighted by Crippen LogP contribution is -2.13. The fourth-order valence-corrected chi connectivity index (χ4v) is 1.85. The lowest BCUT2D eigenvalue weighted by Gasteiger charge is -2.15. The van der Waals surface area contributed by atoms with Gasteiger partial charge in [0.15, 0.2) is 0 Å². The molecule has 2 rings (SSSR count). The Bertz CT molecular complexity index is 442. The smallest absolute Gasteiger partial charge is 0.123 e. The van der Waals surface area contributed by atoms with Crippen LogP contribution in [0.5, 0.6) is 0 Å². The van der Waals surface area contributed by atoms with Gasteiger partial charge in [-0.2, -0.15) is 0 Å². The summed E-state index contributed by atoms with van der Waals surface area (Å²) in [6.45, 7) is 0.523. The number of benzene rings is 2. The zero-order chi connectivity index (χ0) is 11.4. The molecule has 2 aromatic rings. The lowest BCUT2D eigenvalue weighted by atomic mass is 9.91. The normalized spacial score (nSPS) is 11.6. The molecule has 2 aromatic carbocycles. The molecule has 0 spiro atoms. The zero-order valence-corrected chi connectivity index (χ0v) is 10.2. The van der Waals surface area contributed by atoms with E-state index in [4.69, 9.17) is 5.73 Å². The van der Waals surface area contributed by atoms with Gasteiger partial charge in [-0.15, -0.1) is 12.4 Å². The standard InChI is InChI=1S/C14H14FN.ClH/c15-13-8-6-12(7-9-13)14(10-16)11-4-2-1-3-5-11;/h1-9,14H,10,16H2;1H. The molecule has 0 fully saturated rings. The largest absolute Gasteiger partial charge is 0.330 e. The van der Waals surface area contributed by atoms with Gasteiger partial charge in [-0.05, 0) is 23.3 Å². The van der Waals surface area contributed by atoms with Crippen LogP contribution in [0.15, 0.2) is 54.6 Å². The average Bonchev–Trinajstić information content (AvgIpc) is 2.34. The Morgan fingerprint density at radius 2 is 1.41 bits per heavy atom. The van der Waals surface area contributed by atoms with Crippen molar-refractivity contribution in [2.45, 2.75) is 5.92 Å². The van der Waals surface area contributed by atoms with E-state index in [0.29, 0.717) is 6.54 Å². The van der Waals surface area contributed by atoms with E-state index in [2.05, 4.69) is 0 Å². The van der Waals surface area contributed by atoms with Crippen molar-refractivity contribution in [2.24, 2.45) is 5.73 Å². The Morgan fingerprint density at radius 3 is 1.94 bits per heavy atom. The molecule has 2 N–H and O–H groups in total. The summed E-state index contributed by atoms with van der Waals surface area (Å²) < 4.78 is 12.8. The molecular formula is C14H15ClFN. The molecule has 0 aliphatic rings. The molecule has 1 atom stereocenters. The monoisotopic (exact) mass is 251 g/mol. The Labute approximate surface area is 107 Å². The van der Waals surface area contributed by atoms with E-state index in [0.717, 1.165) is 11.1 Å². The van der Waals surface area contributed by atoms with E-state index < -0.39 is 0 Å². The Balaban J connectivity index is 0.00000144. The van der Waals surface area contributed by atoms with Gasteiger partial charge in [-0.25, -0.2) is 4.39 Å². The molecule has 0 saturated heterocycles. The predicted molar refractivity (Wildman–Crippen MR) is 71.0 cm³/mol. The molecule has 0 saturated carbocycles. The van der Waals surface area contributed by atoms with Gasteiger partial charge in [0.05, 0.1) is 0 Å². The van der Waals surface area contributed by atoms with Gasteiger partial charge in [0.1, 0.15) is 5.82 Å². The third-order valence-corrected chi connectivity index (χ3v) is 2.71. The van der Waals surface area contributed by atoms with Crippen LogP contribution in [-0.2, 0) is 0 Å². The van der Waals surface area contributed by atoms with Crippen LogP contribution >= 0.6 is 12.4 Å². The minimum Gasteiger partial charge on any atom is -0.330 e. The Morgan fingerprint density at radius 1 is 0.882 bits per heavy atom. The molecular weight excluding hydrogens is 237 g/mol. The molecule has 0 aliphatic carbocycles. The molecule has 90 valence electrons. The molecule has 0 amide bonds.